The van der Waals surface area contributed by atoms with Crippen molar-refractivity contribution in [3.8, 4) is 5.75 Å². The highest BCUT2D eigenvalue weighted by Gasteiger charge is 2.29. The first kappa shape index (κ1) is 17.3. The van der Waals surface area contributed by atoms with Crippen molar-refractivity contribution in [3.63, 3.8) is 0 Å². The van der Waals surface area contributed by atoms with E-state index in [-0.39, 0.29) is 0 Å². The van der Waals surface area contributed by atoms with Crippen LogP contribution in [0.1, 0.15) is 57.9 Å². The summed E-state index contributed by atoms with van der Waals surface area (Å²) in [5.41, 5.74) is 0.323. The molecule has 0 spiro atoms. The first-order valence-corrected chi connectivity index (χ1v) is 8.97. The SMILES string of the molecule is CCCOc1ccc([C@](O)(CC)CC[NH+]2CCCCC2)cc1. The van der Waals surface area contributed by atoms with Crippen molar-refractivity contribution in [1.82, 2.24) is 0 Å². The summed E-state index contributed by atoms with van der Waals surface area (Å²) in [5, 5.41) is 11.0. The van der Waals surface area contributed by atoms with Gasteiger partial charge in [-0.3, -0.25) is 0 Å². The minimum Gasteiger partial charge on any atom is -0.494 e. The fourth-order valence-corrected chi connectivity index (χ4v) is 3.29. The van der Waals surface area contributed by atoms with Crippen LogP contribution in [-0.2, 0) is 5.60 Å². The molecule has 1 aliphatic heterocycles. The molecule has 2 rings (SSSR count). The van der Waals surface area contributed by atoms with Crippen molar-refractivity contribution >= 4 is 0 Å². The Morgan fingerprint density at radius 3 is 2.36 bits per heavy atom. The third-order valence-corrected chi connectivity index (χ3v) is 4.90. The number of hydrogen-bond acceptors (Lipinski definition) is 2. The highest BCUT2D eigenvalue weighted by Crippen LogP contribution is 2.29. The van der Waals surface area contributed by atoms with Crippen LogP contribution in [0.5, 0.6) is 5.75 Å². The molecule has 1 heterocycles. The first-order chi connectivity index (χ1) is 10.7. The number of nitrogens with one attached hydrogen (secondary N) is 1. The van der Waals surface area contributed by atoms with Crippen LogP contribution in [0.25, 0.3) is 0 Å². The number of benzene rings is 1. The van der Waals surface area contributed by atoms with Crippen molar-refractivity contribution in [2.45, 2.75) is 58.0 Å². The zero-order valence-corrected chi connectivity index (χ0v) is 14.2. The average molecular weight is 306 g/mol. The standard InChI is InChI=1S/C19H31NO2/c1-3-16-22-18-10-8-17(9-11-18)19(21,4-2)12-15-20-13-6-5-7-14-20/h8-11,21H,3-7,12-16H2,1-2H3/p+1/t19-/m0/s1. The summed E-state index contributed by atoms with van der Waals surface area (Å²) in [5.74, 6) is 0.894. The summed E-state index contributed by atoms with van der Waals surface area (Å²) in [7, 11) is 0. The number of ether oxygens (including phenoxy) is 1. The maximum absolute atomic E-state index is 11.0. The van der Waals surface area contributed by atoms with Crippen LogP contribution < -0.4 is 9.64 Å². The van der Waals surface area contributed by atoms with Crippen LogP contribution in [0, 0.1) is 0 Å². The Bertz CT molecular complexity index is 426. The van der Waals surface area contributed by atoms with E-state index >= 15 is 0 Å². The third-order valence-electron chi connectivity index (χ3n) is 4.90. The summed E-state index contributed by atoms with van der Waals surface area (Å²) >= 11 is 0. The lowest BCUT2D eigenvalue weighted by Crippen LogP contribution is -3.13. The second-order valence-corrected chi connectivity index (χ2v) is 6.57. The molecule has 1 aromatic rings. The normalized spacial score (nSPS) is 18.9. The second kappa shape index (κ2) is 8.54. The van der Waals surface area contributed by atoms with Gasteiger partial charge >= 0.3 is 0 Å². The van der Waals surface area contributed by atoms with Gasteiger partial charge in [-0.25, -0.2) is 0 Å². The molecular formula is C19H32NO2+. The van der Waals surface area contributed by atoms with Crippen molar-refractivity contribution in [1.29, 1.82) is 0 Å². The number of likely N-dealkylation sites (tertiary alicyclic amines) is 1. The summed E-state index contributed by atoms with van der Waals surface area (Å²) in [6.45, 7) is 8.53. The second-order valence-electron chi connectivity index (χ2n) is 6.57. The van der Waals surface area contributed by atoms with E-state index in [1.807, 2.05) is 24.3 Å². The van der Waals surface area contributed by atoms with Gasteiger partial charge < -0.3 is 14.7 Å². The molecule has 0 amide bonds. The highest BCUT2D eigenvalue weighted by molar-refractivity contribution is 5.30. The molecule has 0 aliphatic carbocycles. The Morgan fingerprint density at radius 2 is 1.77 bits per heavy atom. The summed E-state index contributed by atoms with van der Waals surface area (Å²) in [4.78, 5) is 1.65. The van der Waals surface area contributed by atoms with E-state index in [0.717, 1.165) is 43.7 Å². The molecule has 0 saturated carbocycles. The lowest BCUT2D eigenvalue weighted by molar-refractivity contribution is -0.905. The Balaban J connectivity index is 1.95. The van der Waals surface area contributed by atoms with E-state index < -0.39 is 5.60 Å². The van der Waals surface area contributed by atoms with Gasteiger partial charge in [0.05, 0.1) is 31.8 Å². The number of quaternary nitrogens is 1. The molecule has 3 heteroatoms. The van der Waals surface area contributed by atoms with Crippen LogP contribution in [0.3, 0.4) is 0 Å². The van der Waals surface area contributed by atoms with Gasteiger partial charge in [-0.1, -0.05) is 26.0 Å². The Kier molecular flexibility index (Phi) is 6.71. The molecule has 1 fully saturated rings. The van der Waals surface area contributed by atoms with Crippen LogP contribution in [0.4, 0.5) is 0 Å². The predicted molar refractivity (Wildman–Crippen MR) is 90.4 cm³/mol. The molecule has 124 valence electrons. The van der Waals surface area contributed by atoms with Gasteiger partial charge in [0.15, 0.2) is 0 Å². The van der Waals surface area contributed by atoms with Gasteiger partial charge in [0.25, 0.3) is 0 Å². The van der Waals surface area contributed by atoms with Crippen molar-refractivity contribution in [2.75, 3.05) is 26.2 Å². The molecule has 0 aromatic heterocycles. The molecule has 22 heavy (non-hydrogen) atoms. The van der Waals surface area contributed by atoms with Gasteiger partial charge in [0.1, 0.15) is 5.75 Å². The number of piperidine rings is 1. The lowest BCUT2D eigenvalue weighted by Gasteiger charge is -2.31. The van der Waals surface area contributed by atoms with Gasteiger partial charge in [0.2, 0.25) is 0 Å². The van der Waals surface area contributed by atoms with E-state index in [1.165, 1.54) is 32.4 Å². The van der Waals surface area contributed by atoms with E-state index in [2.05, 4.69) is 13.8 Å². The molecular weight excluding hydrogens is 274 g/mol. The minimum atomic E-state index is -0.701. The monoisotopic (exact) mass is 306 g/mol. The maximum atomic E-state index is 11.0. The van der Waals surface area contributed by atoms with Crippen molar-refractivity contribution in [2.24, 2.45) is 0 Å². The van der Waals surface area contributed by atoms with Gasteiger partial charge in [-0.2, -0.15) is 0 Å². The first-order valence-electron chi connectivity index (χ1n) is 8.97. The maximum Gasteiger partial charge on any atom is 0.119 e. The highest BCUT2D eigenvalue weighted by atomic mass is 16.5. The Morgan fingerprint density at radius 1 is 1.09 bits per heavy atom. The smallest absolute Gasteiger partial charge is 0.119 e. The fourth-order valence-electron chi connectivity index (χ4n) is 3.29. The van der Waals surface area contributed by atoms with E-state index in [4.69, 9.17) is 4.74 Å². The molecule has 1 aromatic carbocycles. The van der Waals surface area contributed by atoms with Crippen LogP contribution in [0.15, 0.2) is 24.3 Å². The predicted octanol–water partition coefficient (Wildman–Crippen LogP) is 2.53. The molecule has 1 aliphatic rings. The molecule has 3 nitrogen and oxygen atoms in total. The number of hydrogen-bond donors (Lipinski definition) is 2. The molecule has 2 N–H and O–H groups in total. The summed E-state index contributed by atoms with van der Waals surface area (Å²) in [6.07, 6.45) is 6.66. The Labute approximate surface area is 135 Å². The Hall–Kier alpha value is -1.06. The van der Waals surface area contributed by atoms with E-state index in [9.17, 15) is 5.11 Å². The van der Waals surface area contributed by atoms with E-state index in [0.29, 0.717) is 0 Å². The van der Waals surface area contributed by atoms with Crippen LogP contribution in [0.2, 0.25) is 0 Å². The van der Waals surface area contributed by atoms with Crippen LogP contribution in [-0.4, -0.2) is 31.3 Å². The number of aliphatic hydroxyl groups is 1. The molecule has 0 bridgehead atoms. The lowest BCUT2D eigenvalue weighted by atomic mass is 9.87. The van der Waals surface area contributed by atoms with Gasteiger partial charge in [-0.05, 0) is 49.8 Å². The van der Waals surface area contributed by atoms with Crippen molar-refractivity contribution < 1.29 is 14.7 Å². The topological polar surface area (TPSA) is 33.9 Å². The van der Waals surface area contributed by atoms with Crippen molar-refractivity contribution in [3.05, 3.63) is 29.8 Å². The zero-order valence-electron chi connectivity index (χ0n) is 14.2. The number of rotatable bonds is 8. The molecule has 1 atom stereocenters. The molecule has 0 radical (unpaired) electrons. The summed E-state index contributed by atoms with van der Waals surface area (Å²) < 4.78 is 5.63. The van der Waals surface area contributed by atoms with Gasteiger partial charge in [-0.15, -0.1) is 0 Å². The average Bonchev–Trinajstić information content (AvgIpc) is 2.59. The largest absolute Gasteiger partial charge is 0.494 e. The fraction of sp³-hybridized carbons (Fsp3) is 0.684. The minimum absolute atomic E-state index is 0.701. The van der Waals surface area contributed by atoms with Gasteiger partial charge in [0, 0.05) is 6.42 Å². The van der Waals surface area contributed by atoms with Crippen LogP contribution >= 0.6 is 0 Å². The van der Waals surface area contributed by atoms with E-state index in [1.54, 1.807) is 4.90 Å². The zero-order chi connectivity index (χ0) is 15.8. The summed E-state index contributed by atoms with van der Waals surface area (Å²) in [6, 6.07) is 8.03. The molecule has 0 unspecified atom stereocenters. The quantitative estimate of drug-likeness (QED) is 0.774. The molecule has 1 saturated heterocycles. The third kappa shape index (κ3) is 4.72.